The fraction of sp³-hybridized carbons (Fsp3) is 0.214. The number of rotatable bonds is 6. The van der Waals surface area contributed by atoms with E-state index in [0.717, 1.165) is 4.88 Å². The Morgan fingerprint density at radius 3 is 3.09 bits per heavy atom. The molecule has 3 aromatic heterocycles. The first-order valence-corrected chi connectivity index (χ1v) is 7.70. The van der Waals surface area contributed by atoms with E-state index in [9.17, 15) is 9.59 Å². The third-order valence-electron chi connectivity index (χ3n) is 2.96. The van der Waals surface area contributed by atoms with Gasteiger partial charge in [0.2, 0.25) is 11.8 Å². The van der Waals surface area contributed by atoms with Gasteiger partial charge in [0.25, 0.3) is 0 Å². The predicted octanol–water partition coefficient (Wildman–Crippen LogP) is 0.595. The molecule has 9 heteroatoms. The normalized spacial score (nSPS) is 10.6. The van der Waals surface area contributed by atoms with Crippen LogP contribution in [0.1, 0.15) is 16.6 Å². The van der Waals surface area contributed by atoms with Crippen LogP contribution in [0.5, 0.6) is 0 Å². The molecule has 3 rings (SSSR count). The second kappa shape index (κ2) is 6.97. The fourth-order valence-electron chi connectivity index (χ4n) is 1.89. The van der Waals surface area contributed by atoms with E-state index < -0.39 is 5.69 Å². The van der Waals surface area contributed by atoms with Gasteiger partial charge in [0.1, 0.15) is 6.54 Å². The second-order valence-corrected chi connectivity index (χ2v) is 5.70. The number of hydrogen-bond donors (Lipinski definition) is 1. The molecular weight excluding hydrogens is 318 g/mol. The monoisotopic (exact) mass is 331 g/mol. The van der Waals surface area contributed by atoms with Gasteiger partial charge in [0.05, 0.1) is 6.54 Å². The van der Waals surface area contributed by atoms with Crippen molar-refractivity contribution < 1.29 is 9.32 Å². The van der Waals surface area contributed by atoms with Gasteiger partial charge < -0.3 is 9.84 Å². The molecule has 0 aromatic carbocycles. The van der Waals surface area contributed by atoms with Gasteiger partial charge in [-0.25, -0.2) is 9.78 Å². The van der Waals surface area contributed by atoms with Gasteiger partial charge in [0.15, 0.2) is 5.82 Å². The van der Waals surface area contributed by atoms with E-state index in [0.29, 0.717) is 18.1 Å². The Morgan fingerprint density at radius 2 is 2.30 bits per heavy atom. The third kappa shape index (κ3) is 4.10. The molecule has 0 unspecified atom stereocenters. The highest BCUT2D eigenvalue weighted by atomic mass is 32.1. The van der Waals surface area contributed by atoms with Crippen LogP contribution in [0.25, 0.3) is 0 Å². The molecule has 0 saturated heterocycles. The van der Waals surface area contributed by atoms with E-state index in [2.05, 4.69) is 20.4 Å². The molecule has 0 aliphatic rings. The topological polar surface area (TPSA) is 103 Å². The van der Waals surface area contributed by atoms with Crippen LogP contribution in [-0.2, 0) is 24.3 Å². The standard InChI is InChI=1S/C14H13N5O3S/c20-12(9-19-5-2-4-15-14(19)21)16-8-13-17-11(18-22-13)7-10-3-1-6-23-10/h1-6H,7-9H2,(H,16,20). The van der Waals surface area contributed by atoms with Gasteiger partial charge in [-0.05, 0) is 17.5 Å². The molecular formula is C14H13N5O3S. The number of hydrogen-bond acceptors (Lipinski definition) is 7. The van der Waals surface area contributed by atoms with Gasteiger partial charge in [-0.3, -0.25) is 9.36 Å². The molecule has 0 fully saturated rings. The van der Waals surface area contributed by atoms with E-state index in [4.69, 9.17) is 4.52 Å². The van der Waals surface area contributed by atoms with E-state index >= 15 is 0 Å². The molecule has 1 N–H and O–H groups in total. The average Bonchev–Trinajstić information content (AvgIpc) is 3.20. The van der Waals surface area contributed by atoms with Gasteiger partial charge in [-0.15, -0.1) is 11.3 Å². The van der Waals surface area contributed by atoms with E-state index in [-0.39, 0.29) is 19.0 Å². The summed E-state index contributed by atoms with van der Waals surface area (Å²) in [6.45, 7) is 0.00808. The number of thiophene rings is 1. The lowest BCUT2D eigenvalue weighted by Gasteiger charge is -2.04. The SMILES string of the molecule is O=C(Cn1cccnc1=O)NCc1nc(Cc2cccs2)no1. The molecule has 1 amide bonds. The smallest absolute Gasteiger partial charge is 0.345 e. The first-order chi connectivity index (χ1) is 11.2. The third-order valence-corrected chi connectivity index (χ3v) is 3.83. The number of nitrogens with one attached hydrogen (secondary N) is 1. The molecule has 3 aromatic rings. The quantitative estimate of drug-likeness (QED) is 0.709. The maximum Gasteiger partial charge on any atom is 0.347 e. The fourth-order valence-corrected chi connectivity index (χ4v) is 2.60. The zero-order valence-electron chi connectivity index (χ0n) is 12.0. The molecule has 0 atom stereocenters. The van der Waals surface area contributed by atoms with Crippen LogP contribution in [0.4, 0.5) is 0 Å². The zero-order valence-corrected chi connectivity index (χ0v) is 12.8. The minimum absolute atomic E-state index is 0.108. The number of carbonyl (C=O) groups is 1. The van der Waals surface area contributed by atoms with Crippen molar-refractivity contribution >= 4 is 17.2 Å². The summed E-state index contributed by atoms with van der Waals surface area (Å²) in [5.74, 6) is 0.557. The van der Waals surface area contributed by atoms with E-state index in [1.807, 2.05) is 17.5 Å². The Morgan fingerprint density at radius 1 is 1.39 bits per heavy atom. The Hall–Kier alpha value is -2.81. The summed E-state index contributed by atoms with van der Waals surface area (Å²) in [7, 11) is 0. The first kappa shape index (κ1) is 15.1. The highest BCUT2D eigenvalue weighted by Gasteiger charge is 2.10. The molecule has 0 radical (unpaired) electrons. The molecule has 118 valence electrons. The van der Waals surface area contributed by atoms with Crippen molar-refractivity contribution in [2.45, 2.75) is 19.5 Å². The lowest BCUT2D eigenvalue weighted by atomic mass is 10.3. The van der Waals surface area contributed by atoms with Crippen molar-refractivity contribution in [3.63, 3.8) is 0 Å². The predicted molar refractivity (Wildman–Crippen MR) is 81.8 cm³/mol. The van der Waals surface area contributed by atoms with E-state index in [1.54, 1.807) is 17.4 Å². The van der Waals surface area contributed by atoms with Crippen LogP contribution in [0, 0.1) is 0 Å². The average molecular weight is 331 g/mol. The summed E-state index contributed by atoms with van der Waals surface area (Å²) in [6.07, 6.45) is 3.48. The molecule has 0 aliphatic carbocycles. The second-order valence-electron chi connectivity index (χ2n) is 4.67. The van der Waals surface area contributed by atoms with Gasteiger partial charge >= 0.3 is 5.69 Å². The summed E-state index contributed by atoms with van der Waals surface area (Å²) in [4.78, 5) is 32.2. The lowest BCUT2D eigenvalue weighted by molar-refractivity contribution is -0.122. The Labute approximate surface area is 134 Å². The summed E-state index contributed by atoms with van der Waals surface area (Å²) >= 11 is 1.62. The van der Waals surface area contributed by atoms with Crippen molar-refractivity contribution in [1.29, 1.82) is 0 Å². The van der Waals surface area contributed by atoms with Crippen molar-refractivity contribution in [3.8, 4) is 0 Å². The molecule has 0 spiro atoms. The van der Waals surface area contributed by atoms with Crippen molar-refractivity contribution in [3.05, 3.63) is 63.0 Å². The Kier molecular flexibility index (Phi) is 4.57. The van der Waals surface area contributed by atoms with Crippen LogP contribution in [0.15, 0.2) is 45.3 Å². The maximum absolute atomic E-state index is 11.8. The number of aromatic nitrogens is 4. The Balaban J connectivity index is 1.52. The summed E-state index contributed by atoms with van der Waals surface area (Å²) < 4.78 is 6.30. The van der Waals surface area contributed by atoms with Crippen LogP contribution >= 0.6 is 11.3 Å². The lowest BCUT2D eigenvalue weighted by Crippen LogP contribution is -2.32. The van der Waals surface area contributed by atoms with Gasteiger partial charge in [-0.1, -0.05) is 11.2 Å². The molecule has 0 saturated carbocycles. The minimum atomic E-state index is -0.473. The Bertz CT molecular complexity index is 840. The van der Waals surface area contributed by atoms with E-state index in [1.165, 1.54) is 17.0 Å². The molecule has 3 heterocycles. The highest BCUT2D eigenvalue weighted by Crippen LogP contribution is 2.12. The van der Waals surface area contributed by atoms with Crippen molar-refractivity contribution in [2.24, 2.45) is 0 Å². The van der Waals surface area contributed by atoms with Gasteiger partial charge in [-0.2, -0.15) is 4.98 Å². The number of nitrogens with zero attached hydrogens (tertiary/aromatic N) is 4. The summed E-state index contributed by atoms with van der Waals surface area (Å²) in [5.41, 5.74) is -0.473. The van der Waals surface area contributed by atoms with Crippen LogP contribution in [0.3, 0.4) is 0 Å². The van der Waals surface area contributed by atoms with Crippen molar-refractivity contribution in [2.75, 3.05) is 0 Å². The summed E-state index contributed by atoms with van der Waals surface area (Å²) in [6, 6.07) is 5.54. The van der Waals surface area contributed by atoms with Crippen LogP contribution in [-0.4, -0.2) is 25.6 Å². The van der Waals surface area contributed by atoms with Gasteiger partial charge in [0, 0.05) is 23.7 Å². The largest absolute Gasteiger partial charge is 0.347 e. The highest BCUT2D eigenvalue weighted by molar-refractivity contribution is 7.09. The van der Waals surface area contributed by atoms with Crippen LogP contribution < -0.4 is 11.0 Å². The number of amides is 1. The molecule has 8 nitrogen and oxygen atoms in total. The van der Waals surface area contributed by atoms with Crippen molar-refractivity contribution in [1.82, 2.24) is 25.0 Å². The summed E-state index contributed by atoms with van der Waals surface area (Å²) in [5, 5.41) is 8.48. The molecule has 23 heavy (non-hydrogen) atoms. The zero-order chi connectivity index (χ0) is 16.1. The first-order valence-electron chi connectivity index (χ1n) is 6.83. The molecule has 0 bridgehead atoms. The number of carbonyl (C=O) groups excluding carboxylic acids is 1. The van der Waals surface area contributed by atoms with Crippen LogP contribution in [0.2, 0.25) is 0 Å². The minimum Gasteiger partial charge on any atom is -0.345 e. The maximum atomic E-state index is 11.8. The molecule has 0 aliphatic heterocycles.